The molecule has 1 aliphatic heterocycles. The van der Waals surface area contributed by atoms with Crippen molar-refractivity contribution in [3.05, 3.63) is 41.7 Å². The molecule has 1 aromatic carbocycles. The fourth-order valence-corrected chi connectivity index (χ4v) is 5.22. The van der Waals surface area contributed by atoms with E-state index in [9.17, 15) is 22.4 Å². The smallest absolute Gasteiger partial charge is 0.309 e. The van der Waals surface area contributed by atoms with Crippen LogP contribution in [-0.4, -0.2) is 57.0 Å². The molecule has 2 amide bonds. The van der Waals surface area contributed by atoms with Gasteiger partial charge in [0.1, 0.15) is 12.0 Å². The zero-order chi connectivity index (χ0) is 22.3. The van der Waals surface area contributed by atoms with Gasteiger partial charge in [0.15, 0.2) is 0 Å². The van der Waals surface area contributed by atoms with Crippen LogP contribution in [0.3, 0.4) is 0 Å². The van der Waals surface area contributed by atoms with Gasteiger partial charge in [-0.1, -0.05) is 11.6 Å². The molecule has 0 unspecified atom stereocenters. The molecule has 0 aromatic heterocycles. The average molecular weight is 454 g/mol. The van der Waals surface area contributed by atoms with Crippen LogP contribution in [0, 0.1) is 5.82 Å². The number of nitrogens with zero attached hydrogens (tertiary/aromatic N) is 1. The molecule has 3 rings (SSSR count). The van der Waals surface area contributed by atoms with E-state index in [0.29, 0.717) is 26.0 Å². The molecule has 170 valence electrons. The SMILES string of the molecule is O=C(NCCC1=CCCCC1)C(=O)NC[C@@H]1OCCCN1S(=O)(=O)c1ccc(F)cc1. The number of carbonyl (C=O) groups excluding carboxylic acids is 2. The maximum atomic E-state index is 13.2. The third-order valence-electron chi connectivity index (χ3n) is 5.33. The van der Waals surface area contributed by atoms with Crippen molar-refractivity contribution in [2.45, 2.75) is 49.6 Å². The molecule has 1 heterocycles. The van der Waals surface area contributed by atoms with Gasteiger partial charge < -0.3 is 15.4 Å². The summed E-state index contributed by atoms with van der Waals surface area (Å²) >= 11 is 0. The highest BCUT2D eigenvalue weighted by atomic mass is 32.2. The first-order valence-corrected chi connectivity index (χ1v) is 11.9. The monoisotopic (exact) mass is 453 g/mol. The molecule has 1 atom stereocenters. The van der Waals surface area contributed by atoms with Gasteiger partial charge in [0.25, 0.3) is 0 Å². The number of ether oxygens (including phenoxy) is 1. The third-order valence-corrected chi connectivity index (χ3v) is 7.24. The Morgan fingerprint density at radius 2 is 1.84 bits per heavy atom. The Balaban J connectivity index is 1.52. The molecule has 31 heavy (non-hydrogen) atoms. The van der Waals surface area contributed by atoms with Crippen LogP contribution in [0.4, 0.5) is 4.39 Å². The van der Waals surface area contributed by atoms with Crippen LogP contribution in [0.25, 0.3) is 0 Å². The summed E-state index contributed by atoms with van der Waals surface area (Å²) in [4.78, 5) is 24.1. The first-order valence-electron chi connectivity index (χ1n) is 10.5. The molecule has 1 aliphatic carbocycles. The predicted molar refractivity (Wildman–Crippen MR) is 112 cm³/mol. The highest BCUT2D eigenvalue weighted by molar-refractivity contribution is 7.89. The Bertz CT molecular complexity index is 917. The second-order valence-corrected chi connectivity index (χ2v) is 9.46. The van der Waals surface area contributed by atoms with Crippen LogP contribution >= 0.6 is 0 Å². The summed E-state index contributed by atoms with van der Waals surface area (Å²) in [5.74, 6) is -2.14. The number of benzene rings is 1. The molecule has 1 saturated heterocycles. The highest BCUT2D eigenvalue weighted by Gasteiger charge is 2.35. The number of halogens is 1. The van der Waals surface area contributed by atoms with Crippen molar-refractivity contribution in [3.63, 3.8) is 0 Å². The summed E-state index contributed by atoms with van der Waals surface area (Å²) in [5.41, 5.74) is 1.30. The second kappa shape index (κ2) is 10.8. The molecule has 1 fully saturated rings. The molecular formula is C21H28FN3O5S. The van der Waals surface area contributed by atoms with Crippen LogP contribution in [0.15, 0.2) is 40.8 Å². The number of nitrogens with one attached hydrogen (secondary N) is 2. The highest BCUT2D eigenvalue weighted by Crippen LogP contribution is 2.22. The Labute approximate surface area is 181 Å². The fraction of sp³-hybridized carbons (Fsp3) is 0.524. The zero-order valence-electron chi connectivity index (χ0n) is 17.3. The summed E-state index contributed by atoms with van der Waals surface area (Å²) in [5, 5.41) is 5.04. The van der Waals surface area contributed by atoms with Gasteiger partial charge in [-0.25, -0.2) is 12.8 Å². The minimum Gasteiger partial charge on any atom is -0.360 e. The number of allylic oxidation sites excluding steroid dienone is 1. The van der Waals surface area contributed by atoms with Crippen molar-refractivity contribution in [3.8, 4) is 0 Å². The van der Waals surface area contributed by atoms with Crippen LogP contribution in [-0.2, 0) is 24.3 Å². The van der Waals surface area contributed by atoms with Gasteiger partial charge >= 0.3 is 11.8 Å². The molecule has 0 saturated carbocycles. The number of hydrogen-bond acceptors (Lipinski definition) is 5. The van der Waals surface area contributed by atoms with E-state index in [-0.39, 0.29) is 18.0 Å². The number of carbonyl (C=O) groups is 2. The standard InChI is InChI=1S/C21H28FN3O5S/c22-17-7-9-18(10-8-17)31(28,29)25-13-4-14-30-19(25)15-24-21(27)20(26)23-12-11-16-5-2-1-3-6-16/h5,7-10,19H,1-4,6,11-15H2,(H,23,26)(H,24,27)/t19-/m0/s1. The van der Waals surface area contributed by atoms with E-state index in [0.717, 1.165) is 35.7 Å². The van der Waals surface area contributed by atoms with E-state index in [1.165, 1.54) is 24.1 Å². The Kier molecular flexibility index (Phi) is 8.16. The molecule has 0 radical (unpaired) electrons. The van der Waals surface area contributed by atoms with Gasteiger partial charge in [-0.3, -0.25) is 9.59 Å². The van der Waals surface area contributed by atoms with Gasteiger partial charge in [0, 0.05) is 13.1 Å². The molecule has 2 N–H and O–H groups in total. The van der Waals surface area contributed by atoms with E-state index in [2.05, 4.69) is 16.7 Å². The lowest BCUT2D eigenvalue weighted by atomic mass is 9.97. The van der Waals surface area contributed by atoms with Crippen LogP contribution in [0.5, 0.6) is 0 Å². The minimum atomic E-state index is -3.94. The van der Waals surface area contributed by atoms with Crippen molar-refractivity contribution in [2.75, 3.05) is 26.2 Å². The van der Waals surface area contributed by atoms with Gasteiger partial charge in [-0.15, -0.1) is 0 Å². The number of hydrogen-bond donors (Lipinski definition) is 2. The Morgan fingerprint density at radius 3 is 2.55 bits per heavy atom. The number of rotatable bonds is 7. The van der Waals surface area contributed by atoms with Crippen LogP contribution < -0.4 is 10.6 Å². The van der Waals surface area contributed by atoms with Gasteiger partial charge in [-0.2, -0.15) is 4.31 Å². The van der Waals surface area contributed by atoms with Gasteiger partial charge in [0.2, 0.25) is 10.0 Å². The maximum Gasteiger partial charge on any atom is 0.309 e. The predicted octanol–water partition coefficient (Wildman–Crippen LogP) is 1.69. The number of sulfonamides is 1. The minimum absolute atomic E-state index is 0.0644. The van der Waals surface area contributed by atoms with Crippen molar-refractivity contribution in [1.82, 2.24) is 14.9 Å². The molecule has 8 nitrogen and oxygen atoms in total. The van der Waals surface area contributed by atoms with Crippen molar-refractivity contribution in [2.24, 2.45) is 0 Å². The van der Waals surface area contributed by atoms with E-state index >= 15 is 0 Å². The summed E-state index contributed by atoms with van der Waals surface area (Å²) in [7, 11) is -3.94. The third kappa shape index (κ3) is 6.34. The molecule has 10 heteroatoms. The lowest BCUT2D eigenvalue weighted by Gasteiger charge is -2.34. The normalized spacial score (nSPS) is 20.0. The first-order chi connectivity index (χ1) is 14.9. The Hall–Kier alpha value is -2.30. The molecule has 1 aromatic rings. The summed E-state index contributed by atoms with van der Waals surface area (Å²) in [6.07, 6.45) is 6.87. The van der Waals surface area contributed by atoms with E-state index in [1.807, 2.05) is 0 Å². The molecule has 2 aliphatic rings. The summed E-state index contributed by atoms with van der Waals surface area (Å²) in [6, 6.07) is 4.51. The second-order valence-electron chi connectivity index (χ2n) is 7.57. The van der Waals surface area contributed by atoms with Crippen molar-refractivity contribution < 1.29 is 27.1 Å². The molecule has 0 bridgehead atoms. The quantitative estimate of drug-likeness (QED) is 0.483. The molecular weight excluding hydrogens is 425 g/mol. The zero-order valence-corrected chi connectivity index (χ0v) is 18.1. The largest absolute Gasteiger partial charge is 0.360 e. The van der Waals surface area contributed by atoms with Crippen LogP contribution in [0.1, 0.15) is 38.5 Å². The van der Waals surface area contributed by atoms with Crippen molar-refractivity contribution in [1.29, 1.82) is 0 Å². The average Bonchev–Trinajstić information content (AvgIpc) is 2.78. The van der Waals surface area contributed by atoms with Gasteiger partial charge in [0.05, 0.1) is 18.0 Å². The Morgan fingerprint density at radius 1 is 1.10 bits per heavy atom. The fourth-order valence-electron chi connectivity index (χ4n) is 3.65. The van der Waals surface area contributed by atoms with E-state index in [4.69, 9.17) is 4.74 Å². The van der Waals surface area contributed by atoms with Crippen molar-refractivity contribution >= 4 is 21.8 Å². The first kappa shape index (κ1) is 23.4. The molecule has 0 spiro atoms. The van der Waals surface area contributed by atoms with Crippen LogP contribution in [0.2, 0.25) is 0 Å². The lowest BCUT2D eigenvalue weighted by molar-refractivity contribution is -0.140. The maximum absolute atomic E-state index is 13.2. The van der Waals surface area contributed by atoms with E-state index < -0.39 is 33.9 Å². The van der Waals surface area contributed by atoms with E-state index in [1.54, 1.807) is 0 Å². The topological polar surface area (TPSA) is 105 Å². The lowest BCUT2D eigenvalue weighted by Crippen LogP contribution is -2.53. The van der Waals surface area contributed by atoms with Gasteiger partial charge in [-0.05, 0) is 62.8 Å². The summed E-state index contributed by atoms with van der Waals surface area (Å²) < 4.78 is 45.6. The summed E-state index contributed by atoms with van der Waals surface area (Å²) in [6.45, 7) is 0.736. The number of amides is 2.